The Labute approximate surface area is 167 Å². The lowest BCUT2D eigenvalue weighted by molar-refractivity contribution is -0.115. The Hall–Kier alpha value is -3.19. The zero-order valence-electron chi connectivity index (χ0n) is 15.5. The van der Waals surface area contributed by atoms with Gasteiger partial charge in [-0.25, -0.2) is 0 Å². The van der Waals surface area contributed by atoms with Gasteiger partial charge in [0, 0.05) is 30.7 Å². The summed E-state index contributed by atoms with van der Waals surface area (Å²) in [6, 6.07) is 17.7. The van der Waals surface area contributed by atoms with Gasteiger partial charge in [-0.15, -0.1) is 10.2 Å². The molecule has 4 aromatic rings. The fourth-order valence-electron chi connectivity index (χ4n) is 2.89. The minimum absolute atomic E-state index is 0.0752. The first-order valence-corrected chi connectivity index (χ1v) is 9.76. The van der Waals surface area contributed by atoms with E-state index in [9.17, 15) is 4.79 Å². The van der Waals surface area contributed by atoms with E-state index in [1.54, 1.807) is 12.4 Å². The van der Waals surface area contributed by atoms with Gasteiger partial charge in [0.1, 0.15) is 0 Å². The molecular formula is C21H19N5OS. The summed E-state index contributed by atoms with van der Waals surface area (Å²) in [5.41, 5.74) is 1.72. The van der Waals surface area contributed by atoms with Gasteiger partial charge in [0.2, 0.25) is 5.91 Å². The van der Waals surface area contributed by atoms with Gasteiger partial charge in [-0.1, -0.05) is 42.1 Å². The Bertz CT molecular complexity index is 1130. The predicted molar refractivity (Wildman–Crippen MR) is 112 cm³/mol. The molecule has 2 aromatic heterocycles. The molecule has 1 N–H and O–H groups in total. The first-order valence-electron chi connectivity index (χ1n) is 8.88. The highest BCUT2D eigenvalue weighted by atomic mass is 32.2. The van der Waals surface area contributed by atoms with Gasteiger partial charge in [0.15, 0.2) is 11.0 Å². The highest BCUT2D eigenvalue weighted by Crippen LogP contribution is 2.26. The number of carbonyl (C=O) groups is 1. The van der Waals surface area contributed by atoms with Gasteiger partial charge in [0.25, 0.3) is 0 Å². The molecule has 0 saturated carbocycles. The number of nitrogens with zero attached hydrogens (tertiary/aromatic N) is 4. The van der Waals surface area contributed by atoms with Gasteiger partial charge in [0.05, 0.1) is 5.25 Å². The summed E-state index contributed by atoms with van der Waals surface area (Å²) < 4.78 is 1.89. The van der Waals surface area contributed by atoms with Crippen molar-refractivity contribution >= 4 is 34.1 Å². The minimum Gasteiger partial charge on any atom is -0.325 e. The quantitative estimate of drug-likeness (QED) is 0.519. The van der Waals surface area contributed by atoms with E-state index in [0.29, 0.717) is 5.16 Å². The average Bonchev–Trinajstić information content (AvgIpc) is 3.08. The Morgan fingerprint density at radius 3 is 2.57 bits per heavy atom. The van der Waals surface area contributed by atoms with Gasteiger partial charge < -0.3 is 9.88 Å². The number of thioether (sulfide) groups is 1. The number of benzene rings is 2. The first kappa shape index (κ1) is 18.2. The molecule has 0 spiro atoms. The van der Waals surface area contributed by atoms with Crippen molar-refractivity contribution in [1.82, 2.24) is 19.7 Å². The molecule has 0 radical (unpaired) electrons. The molecule has 1 amide bonds. The lowest BCUT2D eigenvalue weighted by Gasteiger charge is -2.12. The van der Waals surface area contributed by atoms with E-state index in [-0.39, 0.29) is 11.2 Å². The molecule has 0 fully saturated rings. The highest BCUT2D eigenvalue weighted by Gasteiger charge is 2.19. The number of aromatic nitrogens is 4. The van der Waals surface area contributed by atoms with Crippen molar-refractivity contribution in [1.29, 1.82) is 0 Å². The largest absolute Gasteiger partial charge is 0.325 e. The second-order valence-corrected chi connectivity index (χ2v) is 7.72. The Balaban J connectivity index is 1.46. The van der Waals surface area contributed by atoms with Crippen molar-refractivity contribution < 1.29 is 4.79 Å². The molecule has 2 aromatic carbocycles. The fraction of sp³-hybridized carbons (Fsp3) is 0.143. The number of fused-ring (bicyclic) bond motifs is 1. The van der Waals surface area contributed by atoms with Crippen LogP contribution in [0.2, 0.25) is 0 Å². The number of anilines is 1. The number of hydrogen-bond acceptors (Lipinski definition) is 5. The lowest BCUT2D eigenvalue weighted by Crippen LogP contribution is -2.22. The second-order valence-electron chi connectivity index (χ2n) is 6.41. The van der Waals surface area contributed by atoms with Crippen molar-refractivity contribution in [2.24, 2.45) is 7.05 Å². The van der Waals surface area contributed by atoms with Gasteiger partial charge in [-0.3, -0.25) is 9.78 Å². The van der Waals surface area contributed by atoms with E-state index >= 15 is 0 Å². The van der Waals surface area contributed by atoms with Crippen molar-refractivity contribution in [2.45, 2.75) is 17.3 Å². The summed E-state index contributed by atoms with van der Waals surface area (Å²) in [5.74, 6) is 0.667. The maximum atomic E-state index is 12.6. The van der Waals surface area contributed by atoms with E-state index in [4.69, 9.17) is 0 Å². The number of pyridine rings is 1. The topological polar surface area (TPSA) is 72.7 Å². The van der Waals surface area contributed by atoms with Crippen molar-refractivity contribution in [3.63, 3.8) is 0 Å². The summed E-state index contributed by atoms with van der Waals surface area (Å²) in [6.07, 6.45) is 3.44. The van der Waals surface area contributed by atoms with E-state index in [1.165, 1.54) is 11.8 Å². The number of amides is 1. The zero-order valence-corrected chi connectivity index (χ0v) is 16.4. The van der Waals surface area contributed by atoms with Crippen LogP contribution in [0.3, 0.4) is 0 Å². The number of hydrogen-bond donors (Lipinski definition) is 1. The van der Waals surface area contributed by atoms with E-state index in [1.807, 2.05) is 73.1 Å². The molecule has 28 heavy (non-hydrogen) atoms. The van der Waals surface area contributed by atoms with E-state index in [0.717, 1.165) is 27.8 Å². The molecule has 0 aliphatic rings. The van der Waals surface area contributed by atoms with E-state index in [2.05, 4.69) is 20.5 Å². The van der Waals surface area contributed by atoms with Crippen LogP contribution in [0.5, 0.6) is 0 Å². The van der Waals surface area contributed by atoms with Crippen LogP contribution in [0, 0.1) is 0 Å². The maximum Gasteiger partial charge on any atom is 0.237 e. The third-order valence-electron chi connectivity index (χ3n) is 4.44. The molecule has 6 nitrogen and oxygen atoms in total. The average molecular weight is 389 g/mol. The van der Waals surface area contributed by atoms with Crippen LogP contribution in [0.15, 0.2) is 72.1 Å². The molecule has 0 aliphatic carbocycles. The van der Waals surface area contributed by atoms with Crippen LogP contribution in [-0.4, -0.2) is 30.9 Å². The van der Waals surface area contributed by atoms with Crippen LogP contribution >= 0.6 is 11.8 Å². The molecule has 140 valence electrons. The molecule has 0 aliphatic heterocycles. The van der Waals surface area contributed by atoms with Crippen molar-refractivity contribution in [3.05, 3.63) is 67.0 Å². The monoisotopic (exact) mass is 389 g/mol. The second kappa shape index (κ2) is 7.82. The summed E-state index contributed by atoms with van der Waals surface area (Å²) in [4.78, 5) is 16.7. The molecule has 1 atom stereocenters. The third-order valence-corrected chi connectivity index (χ3v) is 5.58. The summed E-state index contributed by atoms with van der Waals surface area (Å²) in [5, 5.41) is 14.1. The molecule has 4 rings (SSSR count). The third kappa shape index (κ3) is 3.75. The Morgan fingerprint density at radius 1 is 1.04 bits per heavy atom. The summed E-state index contributed by atoms with van der Waals surface area (Å²) >= 11 is 1.38. The standard InChI is InChI=1S/C21H19N5OS/c1-14(20(27)23-18-8-7-15-5-3-4-6-17(15)13-18)28-21-25-24-19(26(21)2)16-9-11-22-12-10-16/h3-14H,1-2H3,(H,23,27)/t14-/m1/s1. The molecule has 7 heteroatoms. The number of rotatable bonds is 5. The minimum atomic E-state index is -0.320. The summed E-state index contributed by atoms with van der Waals surface area (Å²) in [7, 11) is 1.89. The molecular weight excluding hydrogens is 370 g/mol. The SMILES string of the molecule is C[C@@H](Sc1nnc(-c2ccncc2)n1C)C(=O)Nc1ccc2ccccc2c1. The van der Waals surface area contributed by atoms with Crippen LogP contribution in [0.1, 0.15) is 6.92 Å². The smallest absolute Gasteiger partial charge is 0.237 e. The normalized spacial score (nSPS) is 12.1. The lowest BCUT2D eigenvalue weighted by atomic mass is 10.1. The van der Waals surface area contributed by atoms with Crippen molar-refractivity contribution in [2.75, 3.05) is 5.32 Å². The molecule has 0 unspecified atom stereocenters. The number of nitrogens with one attached hydrogen (secondary N) is 1. The van der Waals surface area contributed by atoms with Crippen molar-refractivity contribution in [3.8, 4) is 11.4 Å². The first-order chi connectivity index (χ1) is 13.6. The fourth-order valence-corrected chi connectivity index (χ4v) is 3.71. The van der Waals surface area contributed by atoms with Crippen LogP contribution in [0.4, 0.5) is 5.69 Å². The van der Waals surface area contributed by atoms with Crippen LogP contribution in [-0.2, 0) is 11.8 Å². The molecule has 2 heterocycles. The highest BCUT2D eigenvalue weighted by molar-refractivity contribution is 8.00. The van der Waals surface area contributed by atoms with Gasteiger partial charge in [-0.05, 0) is 42.0 Å². The van der Waals surface area contributed by atoms with Crippen LogP contribution in [0.25, 0.3) is 22.2 Å². The zero-order chi connectivity index (χ0) is 19.5. The molecule has 0 bridgehead atoms. The van der Waals surface area contributed by atoms with Gasteiger partial charge in [-0.2, -0.15) is 0 Å². The summed E-state index contributed by atoms with van der Waals surface area (Å²) in [6.45, 7) is 1.86. The Kier molecular flexibility index (Phi) is 5.08. The van der Waals surface area contributed by atoms with E-state index < -0.39 is 0 Å². The number of carbonyl (C=O) groups excluding carboxylic acids is 1. The van der Waals surface area contributed by atoms with Crippen LogP contribution < -0.4 is 5.32 Å². The maximum absolute atomic E-state index is 12.6. The molecule has 0 saturated heterocycles. The van der Waals surface area contributed by atoms with Gasteiger partial charge >= 0.3 is 0 Å². The Morgan fingerprint density at radius 2 is 1.79 bits per heavy atom. The predicted octanol–water partition coefficient (Wildman–Crippen LogP) is 4.15.